The van der Waals surface area contributed by atoms with E-state index in [2.05, 4.69) is 5.32 Å². The summed E-state index contributed by atoms with van der Waals surface area (Å²) in [5, 5.41) is 2.88. The van der Waals surface area contributed by atoms with Gasteiger partial charge in [0.1, 0.15) is 0 Å². The number of piperidine rings is 1. The number of amides is 1. The zero-order chi connectivity index (χ0) is 16.9. The number of nitrogens with two attached hydrogens (primary N) is 1. The summed E-state index contributed by atoms with van der Waals surface area (Å²) < 4.78 is 42.2. The molecule has 0 aromatic rings. The molecule has 5 nitrogen and oxygen atoms in total. The van der Waals surface area contributed by atoms with Gasteiger partial charge in [0, 0.05) is 19.8 Å². The third kappa shape index (κ3) is 5.93. The summed E-state index contributed by atoms with van der Waals surface area (Å²) in [7, 11) is 0. The first kappa shape index (κ1) is 18.5. The summed E-state index contributed by atoms with van der Waals surface area (Å²) in [5.41, 5.74) is 5.25. The van der Waals surface area contributed by atoms with Crippen LogP contribution in [0.4, 0.5) is 13.2 Å². The molecule has 134 valence electrons. The zero-order valence-electron chi connectivity index (χ0n) is 13.3. The number of carbonyl (C=O) groups is 1. The van der Waals surface area contributed by atoms with Gasteiger partial charge in [-0.1, -0.05) is 0 Å². The lowest BCUT2D eigenvalue weighted by atomic mass is 9.90. The van der Waals surface area contributed by atoms with E-state index in [9.17, 15) is 18.0 Å². The van der Waals surface area contributed by atoms with Crippen LogP contribution in [0, 0.1) is 5.92 Å². The van der Waals surface area contributed by atoms with Gasteiger partial charge in [-0.2, -0.15) is 13.2 Å². The summed E-state index contributed by atoms with van der Waals surface area (Å²) >= 11 is 0. The molecule has 0 unspecified atom stereocenters. The smallest absolute Gasteiger partial charge is 0.381 e. The Morgan fingerprint density at radius 2 is 1.87 bits per heavy atom. The van der Waals surface area contributed by atoms with Crippen LogP contribution < -0.4 is 11.1 Å². The molecular formula is C15H26F3N3O2. The average Bonchev–Trinajstić information content (AvgIpc) is 2.48. The maximum absolute atomic E-state index is 12.3. The SMILES string of the molecule is NC1(C(=O)NCCC2CCN(CC(F)(F)F)CC2)CCOCC1. The summed E-state index contributed by atoms with van der Waals surface area (Å²) in [5.74, 6) is 0.221. The normalized spacial score (nSPS) is 23.7. The van der Waals surface area contributed by atoms with Crippen LogP contribution in [0.25, 0.3) is 0 Å². The van der Waals surface area contributed by atoms with Crippen LogP contribution in [0.2, 0.25) is 0 Å². The topological polar surface area (TPSA) is 67.6 Å². The molecule has 23 heavy (non-hydrogen) atoms. The molecule has 0 bridgehead atoms. The van der Waals surface area contributed by atoms with E-state index in [1.807, 2.05) is 0 Å². The van der Waals surface area contributed by atoms with Gasteiger partial charge in [-0.3, -0.25) is 9.69 Å². The Hall–Kier alpha value is -0.860. The van der Waals surface area contributed by atoms with Gasteiger partial charge in [-0.15, -0.1) is 0 Å². The molecule has 2 saturated heterocycles. The molecule has 0 radical (unpaired) electrons. The maximum Gasteiger partial charge on any atom is 0.401 e. The van der Waals surface area contributed by atoms with Crippen LogP contribution in [0.15, 0.2) is 0 Å². The second kappa shape index (κ2) is 7.81. The Morgan fingerprint density at radius 1 is 1.26 bits per heavy atom. The molecule has 0 aromatic carbocycles. The number of halogens is 3. The van der Waals surface area contributed by atoms with Gasteiger partial charge in [-0.25, -0.2) is 0 Å². The predicted octanol–water partition coefficient (Wildman–Crippen LogP) is 1.27. The number of ether oxygens (including phenoxy) is 1. The Bertz CT molecular complexity index is 390. The Kier molecular flexibility index (Phi) is 6.27. The summed E-state index contributed by atoms with van der Waals surface area (Å²) in [6, 6.07) is 0. The van der Waals surface area contributed by atoms with E-state index in [0.717, 1.165) is 19.3 Å². The number of carbonyl (C=O) groups excluding carboxylic acids is 1. The predicted molar refractivity (Wildman–Crippen MR) is 79.8 cm³/mol. The van der Waals surface area contributed by atoms with Gasteiger partial charge in [0.05, 0.1) is 12.1 Å². The van der Waals surface area contributed by atoms with E-state index < -0.39 is 18.3 Å². The molecule has 2 aliphatic rings. The summed E-state index contributed by atoms with van der Waals surface area (Å²) in [4.78, 5) is 13.6. The molecule has 0 aromatic heterocycles. The number of nitrogens with one attached hydrogen (secondary N) is 1. The van der Waals surface area contributed by atoms with Gasteiger partial charge < -0.3 is 15.8 Å². The van der Waals surface area contributed by atoms with E-state index in [1.54, 1.807) is 0 Å². The summed E-state index contributed by atoms with van der Waals surface area (Å²) in [6.45, 7) is 1.65. The number of nitrogens with zero attached hydrogens (tertiary/aromatic N) is 1. The van der Waals surface area contributed by atoms with Crippen LogP contribution in [0.3, 0.4) is 0 Å². The zero-order valence-corrected chi connectivity index (χ0v) is 13.3. The quantitative estimate of drug-likeness (QED) is 0.793. The molecular weight excluding hydrogens is 311 g/mol. The fourth-order valence-electron chi connectivity index (χ4n) is 3.22. The second-order valence-corrected chi connectivity index (χ2v) is 6.65. The van der Waals surface area contributed by atoms with Crippen molar-refractivity contribution in [3.63, 3.8) is 0 Å². The average molecular weight is 337 g/mol. The van der Waals surface area contributed by atoms with Gasteiger partial charge in [0.15, 0.2) is 0 Å². The first-order valence-electron chi connectivity index (χ1n) is 8.22. The van der Waals surface area contributed by atoms with E-state index in [4.69, 9.17) is 10.5 Å². The van der Waals surface area contributed by atoms with Crippen molar-refractivity contribution in [2.75, 3.05) is 39.4 Å². The molecule has 3 N–H and O–H groups in total. The van der Waals surface area contributed by atoms with Gasteiger partial charge in [0.25, 0.3) is 0 Å². The molecule has 1 amide bonds. The molecule has 0 atom stereocenters. The largest absolute Gasteiger partial charge is 0.401 e. The van der Waals surface area contributed by atoms with E-state index in [1.165, 1.54) is 4.90 Å². The van der Waals surface area contributed by atoms with Crippen LogP contribution in [-0.4, -0.2) is 61.9 Å². The Balaban J connectivity index is 1.63. The number of likely N-dealkylation sites (tertiary alicyclic amines) is 1. The lowest BCUT2D eigenvalue weighted by Gasteiger charge is -2.33. The highest BCUT2D eigenvalue weighted by atomic mass is 19.4. The van der Waals surface area contributed by atoms with Crippen LogP contribution >= 0.6 is 0 Å². The van der Waals surface area contributed by atoms with Gasteiger partial charge in [-0.05, 0) is 51.1 Å². The van der Waals surface area contributed by atoms with Crippen molar-refractivity contribution >= 4 is 5.91 Å². The lowest BCUT2D eigenvalue weighted by Crippen LogP contribution is -2.57. The molecule has 8 heteroatoms. The van der Waals surface area contributed by atoms with Gasteiger partial charge >= 0.3 is 6.18 Å². The van der Waals surface area contributed by atoms with E-state index in [0.29, 0.717) is 51.6 Å². The van der Waals surface area contributed by atoms with Crippen LogP contribution in [0.5, 0.6) is 0 Å². The molecule has 0 aliphatic carbocycles. The molecule has 0 saturated carbocycles. The number of hydrogen-bond acceptors (Lipinski definition) is 4. The highest BCUT2D eigenvalue weighted by Gasteiger charge is 2.36. The standard InChI is InChI=1S/C15H26F3N3O2/c16-15(17,18)11-21-7-2-12(3-8-21)1-6-20-13(22)14(19)4-9-23-10-5-14/h12H,1-11,19H2,(H,20,22). The minimum absolute atomic E-state index is 0.143. The molecule has 2 fully saturated rings. The number of rotatable bonds is 5. The Morgan fingerprint density at radius 3 is 2.43 bits per heavy atom. The van der Waals surface area contributed by atoms with Crippen molar-refractivity contribution in [3.05, 3.63) is 0 Å². The van der Waals surface area contributed by atoms with Crippen molar-refractivity contribution < 1.29 is 22.7 Å². The minimum atomic E-state index is -4.13. The maximum atomic E-state index is 12.3. The van der Waals surface area contributed by atoms with E-state index in [-0.39, 0.29) is 5.91 Å². The van der Waals surface area contributed by atoms with Gasteiger partial charge in [0.2, 0.25) is 5.91 Å². The van der Waals surface area contributed by atoms with Crippen molar-refractivity contribution in [3.8, 4) is 0 Å². The first-order valence-corrected chi connectivity index (χ1v) is 8.22. The second-order valence-electron chi connectivity index (χ2n) is 6.65. The van der Waals surface area contributed by atoms with E-state index >= 15 is 0 Å². The monoisotopic (exact) mass is 337 g/mol. The van der Waals surface area contributed by atoms with Crippen molar-refractivity contribution in [1.29, 1.82) is 0 Å². The third-order valence-corrected chi connectivity index (χ3v) is 4.79. The molecule has 2 heterocycles. The number of hydrogen-bond donors (Lipinski definition) is 2. The lowest BCUT2D eigenvalue weighted by molar-refractivity contribution is -0.148. The van der Waals surface area contributed by atoms with Crippen molar-refractivity contribution in [1.82, 2.24) is 10.2 Å². The van der Waals surface area contributed by atoms with Crippen molar-refractivity contribution in [2.45, 2.75) is 43.8 Å². The summed E-state index contributed by atoms with van der Waals surface area (Å²) in [6.07, 6.45) is -0.803. The Labute approximate surface area is 134 Å². The molecule has 2 aliphatic heterocycles. The highest BCUT2D eigenvalue weighted by Crippen LogP contribution is 2.24. The first-order chi connectivity index (χ1) is 10.8. The molecule has 2 rings (SSSR count). The third-order valence-electron chi connectivity index (χ3n) is 4.79. The van der Waals surface area contributed by atoms with Crippen molar-refractivity contribution in [2.24, 2.45) is 11.7 Å². The molecule has 0 spiro atoms. The minimum Gasteiger partial charge on any atom is -0.381 e. The number of alkyl halides is 3. The van der Waals surface area contributed by atoms with Crippen LogP contribution in [-0.2, 0) is 9.53 Å². The highest BCUT2D eigenvalue weighted by molar-refractivity contribution is 5.86. The van der Waals surface area contributed by atoms with Crippen LogP contribution in [0.1, 0.15) is 32.1 Å². The fraction of sp³-hybridized carbons (Fsp3) is 0.933. The fourth-order valence-corrected chi connectivity index (χ4v) is 3.22.